The highest BCUT2D eigenvalue weighted by Gasteiger charge is 1.71. The fourth-order valence-corrected chi connectivity index (χ4v) is 0.875. The Balaban J connectivity index is 3.25. The lowest BCUT2D eigenvalue weighted by molar-refractivity contribution is 1.18. The van der Waals surface area contributed by atoms with Crippen molar-refractivity contribution in [1.82, 2.24) is 0 Å². The van der Waals surface area contributed by atoms with Gasteiger partial charge in [-0.3, -0.25) is 0 Å². The molecule has 68 valence electrons. The van der Waals surface area contributed by atoms with E-state index in [1.165, 1.54) is 0 Å². The van der Waals surface area contributed by atoms with E-state index in [-0.39, 0.29) is 0 Å². The van der Waals surface area contributed by atoms with Crippen LogP contribution in [0.25, 0.3) is 0 Å². The molecular formula is C12H20. The van der Waals surface area contributed by atoms with Crippen molar-refractivity contribution in [2.24, 2.45) is 0 Å². The van der Waals surface area contributed by atoms with Crippen LogP contribution in [0.1, 0.15) is 39.5 Å². The maximum Gasteiger partial charge on any atom is -0.0169 e. The van der Waals surface area contributed by atoms with Gasteiger partial charge < -0.3 is 0 Å². The molecule has 0 amide bonds. The molecule has 12 heavy (non-hydrogen) atoms. The number of allylic oxidation sites excluding steroid dienone is 6. The van der Waals surface area contributed by atoms with Crippen molar-refractivity contribution in [1.29, 1.82) is 0 Å². The Morgan fingerprint density at radius 3 is 1.25 bits per heavy atom. The normalized spacial score (nSPS) is 12.5. The molecule has 0 aromatic heterocycles. The highest BCUT2D eigenvalue weighted by Crippen LogP contribution is 1.92. The van der Waals surface area contributed by atoms with E-state index in [0.717, 1.165) is 25.7 Å². The molecule has 0 saturated carbocycles. The first-order valence-electron chi connectivity index (χ1n) is 4.86. The van der Waals surface area contributed by atoms with E-state index >= 15 is 0 Å². The summed E-state index contributed by atoms with van der Waals surface area (Å²) >= 11 is 0. The first kappa shape index (κ1) is 11.2. The van der Waals surface area contributed by atoms with Crippen molar-refractivity contribution in [2.75, 3.05) is 0 Å². The summed E-state index contributed by atoms with van der Waals surface area (Å²) in [6.07, 6.45) is 17.7. The molecule has 0 N–H and O–H groups in total. The quantitative estimate of drug-likeness (QED) is 0.515. The zero-order valence-corrected chi connectivity index (χ0v) is 8.29. The van der Waals surface area contributed by atoms with Gasteiger partial charge in [0, 0.05) is 0 Å². The van der Waals surface area contributed by atoms with E-state index in [1.807, 2.05) is 0 Å². The molecule has 0 aromatic rings. The Bertz CT molecular complexity index is 131. The van der Waals surface area contributed by atoms with Crippen LogP contribution in [0, 0.1) is 0 Å². The van der Waals surface area contributed by atoms with Gasteiger partial charge in [0.25, 0.3) is 0 Å². The van der Waals surface area contributed by atoms with Crippen LogP contribution >= 0.6 is 0 Å². The second-order valence-electron chi connectivity index (χ2n) is 2.70. The van der Waals surface area contributed by atoms with E-state index < -0.39 is 0 Å². The molecule has 0 heteroatoms. The first-order chi connectivity index (χ1) is 5.91. The predicted molar refractivity (Wildman–Crippen MR) is 57.2 cm³/mol. The second-order valence-corrected chi connectivity index (χ2v) is 2.70. The largest absolute Gasteiger partial charge is 0.0885 e. The summed E-state index contributed by atoms with van der Waals surface area (Å²) in [4.78, 5) is 0. The van der Waals surface area contributed by atoms with Crippen molar-refractivity contribution in [3.05, 3.63) is 36.5 Å². The Labute approximate surface area is 76.7 Å². The lowest BCUT2D eigenvalue weighted by Gasteiger charge is -1.82. The highest BCUT2D eigenvalue weighted by molar-refractivity contribution is 4.96. The van der Waals surface area contributed by atoms with Crippen molar-refractivity contribution in [3.63, 3.8) is 0 Å². The summed E-state index contributed by atoms with van der Waals surface area (Å²) in [6, 6.07) is 0. The summed E-state index contributed by atoms with van der Waals surface area (Å²) < 4.78 is 0. The lowest BCUT2D eigenvalue weighted by atomic mass is 10.2. The molecule has 0 fully saturated rings. The van der Waals surface area contributed by atoms with Crippen LogP contribution in [-0.4, -0.2) is 0 Å². The van der Waals surface area contributed by atoms with Crippen LogP contribution in [-0.2, 0) is 0 Å². The highest BCUT2D eigenvalue weighted by atomic mass is 13.8. The van der Waals surface area contributed by atoms with Crippen molar-refractivity contribution in [3.8, 4) is 0 Å². The maximum atomic E-state index is 2.21. The summed E-state index contributed by atoms with van der Waals surface area (Å²) in [5.74, 6) is 0. The smallest absolute Gasteiger partial charge is 0.0169 e. The summed E-state index contributed by atoms with van der Waals surface area (Å²) in [6.45, 7) is 4.31. The maximum absolute atomic E-state index is 2.21. The first-order valence-corrected chi connectivity index (χ1v) is 4.86. The molecule has 0 aliphatic carbocycles. The third-order valence-corrected chi connectivity index (χ3v) is 1.52. The standard InChI is InChI=1S/C12H20/c1-3-5-7-9-11-12-10-8-6-4-2/h5-8,11-12H,3-4,9-10H2,1-2H3. The van der Waals surface area contributed by atoms with Crippen molar-refractivity contribution < 1.29 is 0 Å². The number of rotatable bonds is 6. The molecule has 0 saturated heterocycles. The van der Waals surface area contributed by atoms with Crippen LogP contribution in [0.2, 0.25) is 0 Å². The molecule has 0 unspecified atom stereocenters. The third-order valence-electron chi connectivity index (χ3n) is 1.52. The fourth-order valence-electron chi connectivity index (χ4n) is 0.875. The molecule has 0 spiro atoms. The lowest BCUT2D eigenvalue weighted by Crippen LogP contribution is -1.61. The molecule has 0 aromatic carbocycles. The van der Waals surface area contributed by atoms with Gasteiger partial charge in [-0.25, -0.2) is 0 Å². The van der Waals surface area contributed by atoms with Gasteiger partial charge in [0.05, 0.1) is 0 Å². The van der Waals surface area contributed by atoms with Crippen molar-refractivity contribution in [2.45, 2.75) is 39.5 Å². The Kier molecular flexibility index (Phi) is 9.56. The van der Waals surface area contributed by atoms with Gasteiger partial charge in [-0.15, -0.1) is 0 Å². The van der Waals surface area contributed by atoms with E-state index in [9.17, 15) is 0 Å². The predicted octanol–water partition coefficient (Wildman–Crippen LogP) is 4.26. The minimum absolute atomic E-state index is 1.08. The topological polar surface area (TPSA) is 0 Å². The van der Waals surface area contributed by atoms with Gasteiger partial charge in [-0.1, -0.05) is 50.3 Å². The molecule has 0 aliphatic rings. The van der Waals surface area contributed by atoms with Gasteiger partial charge in [0.1, 0.15) is 0 Å². The molecule has 0 aliphatic heterocycles. The zero-order valence-electron chi connectivity index (χ0n) is 8.29. The average molecular weight is 164 g/mol. The van der Waals surface area contributed by atoms with Gasteiger partial charge >= 0.3 is 0 Å². The molecule has 0 nitrogen and oxygen atoms in total. The minimum atomic E-state index is 1.08. The van der Waals surface area contributed by atoms with Gasteiger partial charge in [-0.2, -0.15) is 0 Å². The molecular weight excluding hydrogens is 144 g/mol. The summed E-state index contributed by atoms with van der Waals surface area (Å²) in [7, 11) is 0. The number of hydrogen-bond acceptors (Lipinski definition) is 0. The molecule has 0 atom stereocenters. The van der Waals surface area contributed by atoms with Gasteiger partial charge in [0.15, 0.2) is 0 Å². The minimum Gasteiger partial charge on any atom is -0.0885 e. The Morgan fingerprint density at radius 1 is 0.583 bits per heavy atom. The number of hydrogen-bond donors (Lipinski definition) is 0. The van der Waals surface area contributed by atoms with Crippen LogP contribution in [0.15, 0.2) is 36.5 Å². The van der Waals surface area contributed by atoms with Crippen LogP contribution < -0.4 is 0 Å². The SMILES string of the molecule is CCC=CCC=CCC=CCC. The fraction of sp³-hybridized carbons (Fsp3) is 0.500. The Morgan fingerprint density at radius 2 is 0.917 bits per heavy atom. The zero-order chi connectivity index (χ0) is 9.07. The van der Waals surface area contributed by atoms with E-state index in [1.54, 1.807) is 0 Å². The van der Waals surface area contributed by atoms with E-state index in [2.05, 4.69) is 50.3 Å². The van der Waals surface area contributed by atoms with Crippen LogP contribution in [0.3, 0.4) is 0 Å². The summed E-state index contributed by atoms with van der Waals surface area (Å²) in [5, 5.41) is 0. The molecule has 0 bridgehead atoms. The average Bonchev–Trinajstić information content (AvgIpc) is 2.10. The van der Waals surface area contributed by atoms with Gasteiger partial charge in [-0.05, 0) is 25.7 Å². The van der Waals surface area contributed by atoms with E-state index in [4.69, 9.17) is 0 Å². The third kappa shape index (κ3) is 9.22. The Hall–Kier alpha value is -0.780. The van der Waals surface area contributed by atoms with E-state index in [0.29, 0.717) is 0 Å². The molecule has 0 radical (unpaired) electrons. The van der Waals surface area contributed by atoms with Crippen LogP contribution in [0.4, 0.5) is 0 Å². The second kappa shape index (κ2) is 10.2. The molecule has 0 heterocycles. The van der Waals surface area contributed by atoms with Crippen LogP contribution in [0.5, 0.6) is 0 Å². The monoisotopic (exact) mass is 164 g/mol. The van der Waals surface area contributed by atoms with Gasteiger partial charge in [0.2, 0.25) is 0 Å². The molecule has 0 rings (SSSR count). The van der Waals surface area contributed by atoms with Crippen molar-refractivity contribution >= 4 is 0 Å². The summed E-state index contributed by atoms with van der Waals surface area (Å²) in [5.41, 5.74) is 0.